The van der Waals surface area contributed by atoms with Crippen molar-refractivity contribution in [2.45, 2.75) is 187 Å². The second-order valence-electron chi connectivity index (χ2n) is 23.2. The summed E-state index contributed by atoms with van der Waals surface area (Å²) in [6.45, 7) is 22.7. The molecule has 1 saturated heterocycles. The summed E-state index contributed by atoms with van der Waals surface area (Å²) in [4.78, 5) is 2.41. The zero-order valence-corrected chi connectivity index (χ0v) is 47.7. The van der Waals surface area contributed by atoms with E-state index in [0.29, 0.717) is 0 Å². The highest BCUT2D eigenvalue weighted by molar-refractivity contribution is 5.85. The van der Waals surface area contributed by atoms with Gasteiger partial charge in [0.05, 0.1) is 26.4 Å². The second kappa shape index (κ2) is 26.3. The van der Waals surface area contributed by atoms with E-state index in [-0.39, 0.29) is 21.7 Å². The van der Waals surface area contributed by atoms with Crippen molar-refractivity contribution in [3.63, 3.8) is 0 Å². The maximum atomic E-state index is 6.31. The van der Waals surface area contributed by atoms with E-state index < -0.39 is 0 Å². The van der Waals surface area contributed by atoms with Gasteiger partial charge in [-0.15, -0.1) is 0 Å². The molecule has 0 radical (unpaired) electrons. The molecule has 0 saturated carbocycles. The Morgan fingerprint density at radius 2 is 1.01 bits per heavy atom. The van der Waals surface area contributed by atoms with E-state index in [1.807, 2.05) is 0 Å². The summed E-state index contributed by atoms with van der Waals surface area (Å²) in [6.07, 6.45) is 21.4. The van der Waals surface area contributed by atoms with E-state index in [1.165, 1.54) is 103 Å². The fourth-order valence-electron chi connectivity index (χ4n) is 12.6. The summed E-state index contributed by atoms with van der Waals surface area (Å²) in [7, 11) is 0. The fourth-order valence-corrected chi connectivity index (χ4v) is 12.6. The van der Waals surface area contributed by atoms with Crippen molar-refractivity contribution in [2.24, 2.45) is 5.41 Å². The Labute approximate surface area is 455 Å². The molecule has 400 valence electrons. The highest BCUT2D eigenvalue weighted by atomic mass is 16.5. The van der Waals surface area contributed by atoms with Crippen LogP contribution in [0.5, 0.6) is 5.75 Å². The molecule has 0 amide bonds. The number of hydrogen-bond acceptors (Lipinski definition) is 4. The lowest BCUT2D eigenvalue weighted by Gasteiger charge is -2.37. The molecule has 6 aromatic carbocycles. The number of hydrogen-bond donors (Lipinski definition) is 0. The molecule has 1 fully saturated rings. The van der Waals surface area contributed by atoms with Crippen molar-refractivity contribution in [1.29, 1.82) is 0 Å². The van der Waals surface area contributed by atoms with Gasteiger partial charge >= 0.3 is 0 Å². The molecule has 1 aliphatic carbocycles. The molecule has 8 rings (SSSR count). The van der Waals surface area contributed by atoms with Crippen molar-refractivity contribution >= 4 is 17.1 Å². The van der Waals surface area contributed by atoms with Gasteiger partial charge in [0.15, 0.2) is 0 Å². The molecule has 6 aromatic rings. The number of ether oxygens (including phenoxy) is 3. The molecule has 4 heteroatoms. The molecule has 2 aliphatic rings. The van der Waals surface area contributed by atoms with Gasteiger partial charge < -0.3 is 19.1 Å². The van der Waals surface area contributed by atoms with Crippen molar-refractivity contribution in [3.05, 3.63) is 167 Å². The third-order valence-electron chi connectivity index (χ3n) is 18.1. The first kappa shape index (κ1) is 56.1. The summed E-state index contributed by atoms with van der Waals surface area (Å²) in [5.41, 5.74) is 16.6. The smallest absolute Gasteiger partial charge is 0.119 e. The van der Waals surface area contributed by atoms with E-state index in [1.54, 1.807) is 11.1 Å². The lowest BCUT2D eigenvalue weighted by atomic mass is 9.67. The van der Waals surface area contributed by atoms with Crippen LogP contribution in [0.4, 0.5) is 17.1 Å². The molecule has 4 nitrogen and oxygen atoms in total. The summed E-state index contributed by atoms with van der Waals surface area (Å²) in [6, 6.07) is 54.0. The van der Waals surface area contributed by atoms with Crippen LogP contribution in [0.25, 0.3) is 22.3 Å². The van der Waals surface area contributed by atoms with Crippen molar-refractivity contribution in [2.75, 3.05) is 37.9 Å². The first-order valence-electron chi connectivity index (χ1n) is 29.8. The van der Waals surface area contributed by atoms with E-state index in [4.69, 9.17) is 14.2 Å². The predicted molar refractivity (Wildman–Crippen MR) is 320 cm³/mol. The Morgan fingerprint density at radius 1 is 0.493 bits per heavy atom. The number of benzene rings is 6. The Morgan fingerprint density at radius 3 is 1.57 bits per heavy atom. The van der Waals surface area contributed by atoms with Crippen LogP contribution >= 0.6 is 0 Å². The third kappa shape index (κ3) is 12.7. The largest absolute Gasteiger partial charge is 0.494 e. The van der Waals surface area contributed by atoms with Gasteiger partial charge in [-0.3, -0.25) is 0 Å². The van der Waals surface area contributed by atoms with Crippen LogP contribution in [0.1, 0.15) is 199 Å². The summed E-state index contributed by atoms with van der Waals surface area (Å²) >= 11 is 0. The first-order valence-corrected chi connectivity index (χ1v) is 29.8. The molecule has 0 spiro atoms. The number of rotatable bonds is 31. The van der Waals surface area contributed by atoms with Crippen LogP contribution in [-0.2, 0) is 25.7 Å². The van der Waals surface area contributed by atoms with Gasteiger partial charge in [-0.25, -0.2) is 0 Å². The molecule has 1 aliphatic heterocycles. The summed E-state index contributed by atoms with van der Waals surface area (Å²) < 4.78 is 17.6. The molecular weight excluding hydrogens is 915 g/mol. The highest BCUT2D eigenvalue weighted by Gasteiger charge is 2.44. The minimum Gasteiger partial charge on any atom is -0.494 e. The van der Waals surface area contributed by atoms with Crippen molar-refractivity contribution in [1.82, 2.24) is 0 Å². The zero-order chi connectivity index (χ0) is 52.7. The molecule has 75 heavy (non-hydrogen) atoms. The standard InChI is InChI=1S/C71H93NO3/c1-9-15-17-24-46-71(47-25-18-16-10-2)66-50-56(32-44-64(66)65-45-35-59(51-67(65)71)70(13-5,14-6)58-28-22-21-23-29-58)55-30-36-60(37-31-55)72(61-38-33-57(34-39-61)69(8,11-3)12-4)62-40-42-63(43-41-62)75-49-27-20-19-26-48-73-52-68(7)53-74-54-68/h21-23,28-45,50-51H,9-20,24-27,46-49,52-54H2,1-8H3. The fraction of sp³-hybridized carbons (Fsp3) is 0.493. The van der Waals surface area contributed by atoms with Gasteiger partial charge in [0.1, 0.15) is 5.75 Å². The second-order valence-corrected chi connectivity index (χ2v) is 23.2. The molecular formula is C71H93NO3. The minimum atomic E-state index is -0.0220. The predicted octanol–water partition coefficient (Wildman–Crippen LogP) is 20.2. The number of unbranched alkanes of at least 4 members (excludes halogenated alkanes) is 9. The molecule has 0 atom stereocenters. The van der Waals surface area contributed by atoms with Crippen LogP contribution in [0, 0.1) is 5.41 Å². The van der Waals surface area contributed by atoms with Gasteiger partial charge in [-0.1, -0.05) is 198 Å². The monoisotopic (exact) mass is 1010 g/mol. The third-order valence-corrected chi connectivity index (χ3v) is 18.1. The molecule has 0 bridgehead atoms. The van der Waals surface area contributed by atoms with E-state index in [9.17, 15) is 0 Å². The minimum absolute atomic E-state index is 0.0219. The quantitative estimate of drug-likeness (QED) is 0.0406. The summed E-state index contributed by atoms with van der Waals surface area (Å²) in [5, 5.41) is 0. The highest BCUT2D eigenvalue weighted by Crippen LogP contribution is 2.56. The Hall–Kier alpha value is -5.16. The maximum Gasteiger partial charge on any atom is 0.119 e. The van der Waals surface area contributed by atoms with Gasteiger partial charge in [0, 0.05) is 39.9 Å². The van der Waals surface area contributed by atoms with Crippen molar-refractivity contribution < 1.29 is 14.2 Å². The Balaban J connectivity index is 1.08. The molecule has 0 N–H and O–H groups in total. The SMILES string of the molecule is CCCCCCC1(CCCCCC)c2cc(-c3ccc(N(c4ccc(OCCCCCCOCC5(C)COC5)cc4)c4ccc(C(C)(CC)CC)cc4)cc3)ccc2-c2ccc(C(CC)(CC)c3ccccc3)cc21. The first-order chi connectivity index (χ1) is 36.6. The number of nitrogens with zero attached hydrogens (tertiary/aromatic N) is 1. The van der Waals surface area contributed by atoms with Crippen molar-refractivity contribution in [3.8, 4) is 28.0 Å². The molecule has 0 aromatic heterocycles. The molecule has 1 heterocycles. The Bertz CT molecular complexity index is 2640. The molecule has 0 unspecified atom stereocenters. The van der Waals surface area contributed by atoms with Crippen LogP contribution < -0.4 is 9.64 Å². The van der Waals surface area contributed by atoms with Crippen LogP contribution in [0.15, 0.2) is 140 Å². The van der Waals surface area contributed by atoms with Crippen LogP contribution in [0.2, 0.25) is 0 Å². The lowest BCUT2D eigenvalue weighted by Crippen LogP contribution is -2.43. The average molecular weight is 1010 g/mol. The van der Waals surface area contributed by atoms with E-state index >= 15 is 0 Å². The van der Waals surface area contributed by atoms with Crippen LogP contribution in [-0.4, -0.2) is 33.0 Å². The Kier molecular flexibility index (Phi) is 19.6. The van der Waals surface area contributed by atoms with Gasteiger partial charge in [-0.05, 0) is 168 Å². The van der Waals surface area contributed by atoms with Crippen LogP contribution in [0.3, 0.4) is 0 Å². The normalized spacial score (nSPS) is 14.6. The topological polar surface area (TPSA) is 30.9 Å². The average Bonchev–Trinajstić information content (AvgIpc) is 3.73. The van der Waals surface area contributed by atoms with E-state index in [2.05, 4.69) is 200 Å². The summed E-state index contributed by atoms with van der Waals surface area (Å²) in [5.74, 6) is 0.915. The number of fused-ring (bicyclic) bond motifs is 3. The zero-order valence-electron chi connectivity index (χ0n) is 47.7. The van der Waals surface area contributed by atoms with Gasteiger partial charge in [-0.2, -0.15) is 0 Å². The van der Waals surface area contributed by atoms with Gasteiger partial charge in [0.25, 0.3) is 0 Å². The van der Waals surface area contributed by atoms with Gasteiger partial charge in [0.2, 0.25) is 0 Å². The number of anilines is 3. The lowest BCUT2D eigenvalue weighted by molar-refractivity contribution is -0.137. The maximum absolute atomic E-state index is 6.31. The van der Waals surface area contributed by atoms with E-state index in [0.717, 1.165) is 107 Å².